The van der Waals surface area contributed by atoms with Gasteiger partial charge in [0.1, 0.15) is 0 Å². The van der Waals surface area contributed by atoms with Crippen LogP contribution in [0.2, 0.25) is 0 Å². The van der Waals surface area contributed by atoms with Crippen molar-refractivity contribution < 1.29 is 18.3 Å². The highest BCUT2D eigenvalue weighted by Crippen LogP contribution is 2.21. The zero-order chi connectivity index (χ0) is 15.5. The van der Waals surface area contributed by atoms with Gasteiger partial charge < -0.3 is 5.11 Å². The molecule has 1 aliphatic heterocycles. The van der Waals surface area contributed by atoms with Crippen LogP contribution in [0.3, 0.4) is 0 Å². The van der Waals surface area contributed by atoms with Crippen molar-refractivity contribution in [1.29, 1.82) is 0 Å². The highest BCUT2D eigenvalue weighted by molar-refractivity contribution is 5.21. The molecule has 0 radical (unpaired) electrons. The van der Waals surface area contributed by atoms with Gasteiger partial charge in [0.2, 0.25) is 0 Å². The Morgan fingerprint density at radius 2 is 1.76 bits per heavy atom. The van der Waals surface area contributed by atoms with Gasteiger partial charge in [0.25, 0.3) is 0 Å². The van der Waals surface area contributed by atoms with Crippen LogP contribution in [0.5, 0.6) is 0 Å². The van der Waals surface area contributed by atoms with Gasteiger partial charge in [0.05, 0.1) is 13.2 Å². The molecule has 0 saturated carbocycles. The molecule has 1 unspecified atom stereocenters. The standard InChI is InChI=1S/C15H21F3N2O/c1-12-8-19(6-7-20(12)11-15(16,17)18)9-13-2-4-14(10-21)5-3-13/h2-5,12,21H,6-11H2,1H3. The third-order valence-corrected chi connectivity index (χ3v) is 3.84. The Hall–Kier alpha value is -1.11. The summed E-state index contributed by atoms with van der Waals surface area (Å²) in [6, 6.07) is 7.56. The Balaban J connectivity index is 1.87. The molecule has 1 aromatic rings. The number of benzene rings is 1. The van der Waals surface area contributed by atoms with E-state index < -0.39 is 12.7 Å². The van der Waals surface area contributed by atoms with Crippen LogP contribution in [-0.2, 0) is 13.2 Å². The summed E-state index contributed by atoms with van der Waals surface area (Å²) in [6.07, 6.45) is -4.13. The Bertz CT molecular complexity index is 447. The molecule has 0 aromatic heterocycles. The maximum Gasteiger partial charge on any atom is 0.401 e. The van der Waals surface area contributed by atoms with Gasteiger partial charge in [-0.1, -0.05) is 24.3 Å². The fourth-order valence-corrected chi connectivity index (χ4v) is 2.69. The van der Waals surface area contributed by atoms with Crippen molar-refractivity contribution in [2.45, 2.75) is 32.3 Å². The van der Waals surface area contributed by atoms with Crippen molar-refractivity contribution in [1.82, 2.24) is 9.80 Å². The molecule has 3 nitrogen and oxygen atoms in total. The highest BCUT2D eigenvalue weighted by Gasteiger charge is 2.34. The molecule has 21 heavy (non-hydrogen) atoms. The Morgan fingerprint density at radius 1 is 1.14 bits per heavy atom. The topological polar surface area (TPSA) is 26.7 Å². The number of rotatable bonds is 4. The van der Waals surface area contributed by atoms with E-state index in [4.69, 9.17) is 5.11 Å². The zero-order valence-electron chi connectivity index (χ0n) is 12.1. The normalized spacial score (nSPS) is 21.7. The first-order valence-electron chi connectivity index (χ1n) is 7.09. The Kier molecular flexibility index (Phi) is 5.24. The molecule has 0 spiro atoms. The molecule has 0 amide bonds. The van der Waals surface area contributed by atoms with E-state index in [9.17, 15) is 13.2 Å². The summed E-state index contributed by atoms with van der Waals surface area (Å²) >= 11 is 0. The monoisotopic (exact) mass is 302 g/mol. The minimum atomic E-state index is -4.13. The first-order valence-corrected chi connectivity index (χ1v) is 7.09. The molecule has 1 N–H and O–H groups in total. The van der Waals surface area contributed by atoms with Crippen molar-refractivity contribution in [3.05, 3.63) is 35.4 Å². The first kappa shape index (κ1) is 16.3. The minimum Gasteiger partial charge on any atom is -0.392 e. The molecule has 118 valence electrons. The van der Waals surface area contributed by atoms with Crippen molar-refractivity contribution in [3.8, 4) is 0 Å². The fourth-order valence-electron chi connectivity index (χ4n) is 2.69. The van der Waals surface area contributed by atoms with Crippen LogP contribution < -0.4 is 0 Å². The lowest BCUT2D eigenvalue weighted by Crippen LogP contribution is -2.53. The summed E-state index contributed by atoms with van der Waals surface area (Å²) in [5.41, 5.74) is 1.98. The van der Waals surface area contributed by atoms with Gasteiger partial charge in [-0.25, -0.2) is 0 Å². The SMILES string of the molecule is CC1CN(Cc2ccc(CO)cc2)CCN1CC(F)(F)F. The quantitative estimate of drug-likeness (QED) is 0.924. The molecule has 6 heteroatoms. The molecule has 1 heterocycles. The predicted octanol–water partition coefficient (Wildman–Crippen LogP) is 2.25. The van der Waals surface area contributed by atoms with Gasteiger partial charge in [0, 0.05) is 32.2 Å². The van der Waals surface area contributed by atoms with E-state index in [-0.39, 0.29) is 12.6 Å². The number of hydrogen-bond donors (Lipinski definition) is 1. The lowest BCUT2D eigenvalue weighted by molar-refractivity contribution is -0.155. The number of aliphatic hydroxyl groups excluding tert-OH is 1. The van der Waals surface area contributed by atoms with E-state index in [1.54, 1.807) is 0 Å². The van der Waals surface area contributed by atoms with E-state index in [0.29, 0.717) is 19.6 Å². The van der Waals surface area contributed by atoms with Gasteiger partial charge >= 0.3 is 6.18 Å². The van der Waals surface area contributed by atoms with E-state index in [1.807, 2.05) is 31.2 Å². The maximum absolute atomic E-state index is 12.5. The number of piperazine rings is 1. The third kappa shape index (κ3) is 4.98. The smallest absolute Gasteiger partial charge is 0.392 e. The molecule has 1 aromatic carbocycles. The van der Waals surface area contributed by atoms with Crippen LogP contribution in [0.15, 0.2) is 24.3 Å². The van der Waals surface area contributed by atoms with Gasteiger partial charge in [-0.2, -0.15) is 13.2 Å². The minimum absolute atomic E-state index is 0.0213. The molecular weight excluding hydrogens is 281 g/mol. The van der Waals surface area contributed by atoms with E-state index in [0.717, 1.165) is 17.7 Å². The van der Waals surface area contributed by atoms with Gasteiger partial charge in [-0.3, -0.25) is 9.80 Å². The second-order valence-corrected chi connectivity index (χ2v) is 5.64. The Morgan fingerprint density at radius 3 is 2.29 bits per heavy atom. The van der Waals surface area contributed by atoms with Crippen LogP contribution in [-0.4, -0.2) is 53.3 Å². The van der Waals surface area contributed by atoms with Crippen molar-refractivity contribution in [2.24, 2.45) is 0 Å². The highest BCUT2D eigenvalue weighted by atomic mass is 19.4. The van der Waals surface area contributed by atoms with Crippen LogP contribution >= 0.6 is 0 Å². The van der Waals surface area contributed by atoms with E-state index in [2.05, 4.69) is 4.90 Å². The molecular formula is C15H21F3N2O. The lowest BCUT2D eigenvalue weighted by Gasteiger charge is -2.40. The van der Waals surface area contributed by atoms with Gasteiger partial charge in [-0.05, 0) is 18.1 Å². The number of hydrogen-bond acceptors (Lipinski definition) is 3. The first-order chi connectivity index (χ1) is 9.87. The number of aliphatic hydroxyl groups is 1. The molecule has 1 aliphatic rings. The van der Waals surface area contributed by atoms with Crippen molar-refractivity contribution in [3.63, 3.8) is 0 Å². The van der Waals surface area contributed by atoms with Gasteiger partial charge in [0.15, 0.2) is 0 Å². The van der Waals surface area contributed by atoms with Crippen LogP contribution in [0.1, 0.15) is 18.1 Å². The van der Waals surface area contributed by atoms with Crippen LogP contribution in [0.25, 0.3) is 0 Å². The van der Waals surface area contributed by atoms with Gasteiger partial charge in [-0.15, -0.1) is 0 Å². The van der Waals surface area contributed by atoms with E-state index in [1.165, 1.54) is 4.90 Å². The number of alkyl halides is 3. The predicted molar refractivity (Wildman–Crippen MR) is 74.7 cm³/mol. The number of halogens is 3. The van der Waals surface area contributed by atoms with Crippen LogP contribution in [0, 0.1) is 0 Å². The summed E-state index contributed by atoms with van der Waals surface area (Å²) in [4.78, 5) is 3.66. The van der Waals surface area contributed by atoms with Crippen molar-refractivity contribution >= 4 is 0 Å². The fraction of sp³-hybridized carbons (Fsp3) is 0.600. The molecule has 1 saturated heterocycles. The Labute approximate surface area is 123 Å². The zero-order valence-corrected chi connectivity index (χ0v) is 12.1. The molecule has 1 atom stereocenters. The molecule has 0 bridgehead atoms. The summed E-state index contributed by atoms with van der Waals surface area (Å²) in [5, 5.41) is 9.00. The van der Waals surface area contributed by atoms with E-state index >= 15 is 0 Å². The summed E-state index contributed by atoms with van der Waals surface area (Å²) < 4.78 is 37.4. The second kappa shape index (κ2) is 6.77. The molecule has 0 aliphatic carbocycles. The largest absolute Gasteiger partial charge is 0.401 e. The van der Waals surface area contributed by atoms with Crippen molar-refractivity contribution in [2.75, 3.05) is 26.2 Å². The average molecular weight is 302 g/mol. The maximum atomic E-state index is 12.5. The third-order valence-electron chi connectivity index (χ3n) is 3.84. The average Bonchev–Trinajstić information content (AvgIpc) is 2.41. The summed E-state index contributed by atoms with van der Waals surface area (Å²) in [7, 11) is 0. The summed E-state index contributed by atoms with van der Waals surface area (Å²) in [6.45, 7) is 3.48. The van der Waals surface area contributed by atoms with Crippen LogP contribution in [0.4, 0.5) is 13.2 Å². The lowest BCUT2D eigenvalue weighted by atomic mass is 10.1. The summed E-state index contributed by atoms with van der Waals surface area (Å²) in [5.74, 6) is 0. The second-order valence-electron chi connectivity index (χ2n) is 5.64. The number of nitrogens with zero attached hydrogens (tertiary/aromatic N) is 2. The molecule has 1 fully saturated rings. The molecule has 2 rings (SSSR count).